The number of fused-ring (bicyclic) bond motifs is 2. The molecule has 2 aliphatic rings. The van der Waals surface area contributed by atoms with Crippen molar-refractivity contribution in [3.05, 3.63) is 22.4 Å². The van der Waals surface area contributed by atoms with E-state index in [-0.39, 0.29) is 23.9 Å². The van der Waals surface area contributed by atoms with E-state index in [1.807, 2.05) is 10.3 Å². The highest BCUT2D eigenvalue weighted by Crippen LogP contribution is 2.29. The monoisotopic (exact) mass is 278 g/mol. The molecule has 102 valence electrons. The van der Waals surface area contributed by atoms with Crippen LogP contribution >= 0.6 is 11.3 Å². The molecular formula is C14H18N2O2S. The van der Waals surface area contributed by atoms with Gasteiger partial charge in [0.1, 0.15) is 0 Å². The first-order chi connectivity index (χ1) is 9.24. The largest absolute Gasteiger partial charge is 0.354 e. The van der Waals surface area contributed by atoms with Crippen molar-refractivity contribution in [2.75, 3.05) is 6.54 Å². The van der Waals surface area contributed by atoms with Crippen LogP contribution < -0.4 is 5.32 Å². The third kappa shape index (κ3) is 2.66. The summed E-state index contributed by atoms with van der Waals surface area (Å²) in [4.78, 5) is 25.9. The summed E-state index contributed by atoms with van der Waals surface area (Å²) in [5.74, 6) is 0.290. The van der Waals surface area contributed by atoms with Gasteiger partial charge in [0.2, 0.25) is 11.8 Å². The van der Waals surface area contributed by atoms with E-state index in [2.05, 4.69) is 16.8 Å². The molecule has 0 aromatic carbocycles. The Morgan fingerprint density at radius 2 is 2.26 bits per heavy atom. The number of hydrogen-bond donors (Lipinski definition) is 1. The highest BCUT2D eigenvalue weighted by Gasteiger charge is 2.39. The molecule has 2 atom stereocenters. The smallest absolute Gasteiger partial charge is 0.223 e. The van der Waals surface area contributed by atoms with E-state index >= 15 is 0 Å². The predicted molar refractivity (Wildman–Crippen MR) is 73.9 cm³/mol. The maximum Gasteiger partial charge on any atom is 0.223 e. The molecule has 2 saturated heterocycles. The fourth-order valence-electron chi connectivity index (χ4n) is 3.10. The summed E-state index contributed by atoms with van der Waals surface area (Å²) in [6.45, 7) is 0.625. The standard InChI is InChI=1S/C14H18N2O2S/c17-13-7-11-2-3-12(8-15-13)16(11)14(18)4-1-10-5-6-19-9-10/h5-6,9,11-12H,1-4,7-8H2,(H,15,17)/t11-,12+/m0/s1. The second kappa shape index (κ2) is 5.33. The van der Waals surface area contributed by atoms with Crippen LogP contribution in [0.4, 0.5) is 0 Å². The van der Waals surface area contributed by atoms with E-state index in [9.17, 15) is 9.59 Å². The second-order valence-electron chi connectivity index (χ2n) is 5.33. The average molecular weight is 278 g/mol. The maximum absolute atomic E-state index is 12.4. The summed E-state index contributed by atoms with van der Waals surface area (Å²) in [5, 5.41) is 7.03. The lowest BCUT2D eigenvalue weighted by Crippen LogP contribution is -2.42. The van der Waals surface area contributed by atoms with Crippen LogP contribution in [0.15, 0.2) is 16.8 Å². The molecule has 2 bridgehead atoms. The van der Waals surface area contributed by atoms with Gasteiger partial charge < -0.3 is 10.2 Å². The zero-order valence-corrected chi connectivity index (χ0v) is 11.6. The Labute approximate surface area is 116 Å². The average Bonchev–Trinajstić information content (AvgIpc) is 2.98. The van der Waals surface area contributed by atoms with Crippen LogP contribution in [0.25, 0.3) is 0 Å². The molecule has 1 N–H and O–H groups in total. The van der Waals surface area contributed by atoms with Crippen molar-refractivity contribution in [2.24, 2.45) is 0 Å². The fourth-order valence-corrected chi connectivity index (χ4v) is 3.81. The van der Waals surface area contributed by atoms with Crippen molar-refractivity contribution >= 4 is 23.2 Å². The van der Waals surface area contributed by atoms with Crippen molar-refractivity contribution in [1.82, 2.24) is 10.2 Å². The Bertz CT molecular complexity index is 472. The van der Waals surface area contributed by atoms with E-state index in [4.69, 9.17) is 0 Å². The highest BCUT2D eigenvalue weighted by molar-refractivity contribution is 7.07. The quantitative estimate of drug-likeness (QED) is 0.912. The number of nitrogens with one attached hydrogen (secondary N) is 1. The van der Waals surface area contributed by atoms with Gasteiger partial charge in [-0.3, -0.25) is 9.59 Å². The molecule has 0 spiro atoms. The molecule has 2 aliphatic heterocycles. The Morgan fingerprint density at radius 1 is 1.42 bits per heavy atom. The third-order valence-electron chi connectivity index (χ3n) is 4.07. The van der Waals surface area contributed by atoms with Crippen LogP contribution in [-0.4, -0.2) is 35.3 Å². The van der Waals surface area contributed by atoms with Crippen LogP contribution in [0.1, 0.15) is 31.2 Å². The predicted octanol–water partition coefficient (Wildman–Crippen LogP) is 1.56. The zero-order valence-electron chi connectivity index (χ0n) is 10.8. The molecule has 2 fully saturated rings. The molecule has 3 rings (SSSR count). The second-order valence-corrected chi connectivity index (χ2v) is 6.11. The summed E-state index contributed by atoms with van der Waals surface area (Å²) >= 11 is 1.66. The summed E-state index contributed by atoms with van der Waals surface area (Å²) in [7, 11) is 0. The lowest BCUT2D eigenvalue weighted by Gasteiger charge is -2.27. The van der Waals surface area contributed by atoms with Gasteiger partial charge in [-0.25, -0.2) is 0 Å². The first kappa shape index (κ1) is 12.7. The molecule has 19 heavy (non-hydrogen) atoms. The maximum atomic E-state index is 12.4. The van der Waals surface area contributed by atoms with E-state index in [0.29, 0.717) is 19.4 Å². The first-order valence-electron chi connectivity index (χ1n) is 6.83. The van der Waals surface area contributed by atoms with Gasteiger partial charge in [0, 0.05) is 31.5 Å². The normalized spacial score (nSPS) is 26.1. The Balaban J connectivity index is 1.64. The molecule has 1 aromatic heterocycles. The van der Waals surface area contributed by atoms with Crippen molar-refractivity contribution in [3.63, 3.8) is 0 Å². The van der Waals surface area contributed by atoms with Crippen LogP contribution in [0.2, 0.25) is 0 Å². The third-order valence-corrected chi connectivity index (χ3v) is 4.80. The van der Waals surface area contributed by atoms with Gasteiger partial charge in [0.05, 0.1) is 0 Å². The molecule has 0 aliphatic carbocycles. The zero-order chi connectivity index (χ0) is 13.2. The van der Waals surface area contributed by atoms with E-state index in [0.717, 1.165) is 19.3 Å². The molecule has 0 radical (unpaired) electrons. The van der Waals surface area contributed by atoms with Gasteiger partial charge in [0.25, 0.3) is 0 Å². The molecular weight excluding hydrogens is 260 g/mol. The molecule has 0 saturated carbocycles. The van der Waals surface area contributed by atoms with Crippen LogP contribution in [0.3, 0.4) is 0 Å². The number of hydrogen-bond acceptors (Lipinski definition) is 3. The Hall–Kier alpha value is -1.36. The van der Waals surface area contributed by atoms with Crippen molar-refractivity contribution < 1.29 is 9.59 Å². The molecule has 1 aromatic rings. The van der Waals surface area contributed by atoms with Crippen molar-refractivity contribution in [3.8, 4) is 0 Å². The number of carbonyl (C=O) groups excluding carboxylic acids is 2. The topological polar surface area (TPSA) is 49.4 Å². The number of rotatable bonds is 3. The van der Waals surface area contributed by atoms with Crippen LogP contribution in [0, 0.1) is 0 Å². The summed E-state index contributed by atoms with van der Waals surface area (Å²) in [6.07, 6.45) is 3.83. The van der Waals surface area contributed by atoms with E-state index in [1.165, 1.54) is 5.56 Å². The highest BCUT2D eigenvalue weighted by atomic mass is 32.1. The van der Waals surface area contributed by atoms with Gasteiger partial charge in [-0.05, 0) is 41.7 Å². The fraction of sp³-hybridized carbons (Fsp3) is 0.571. The summed E-state index contributed by atoms with van der Waals surface area (Å²) in [6, 6.07) is 2.41. The minimum absolute atomic E-state index is 0.0860. The van der Waals surface area contributed by atoms with Gasteiger partial charge >= 0.3 is 0 Å². The van der Waals surface area contributed by atoms with Gasteiger partial charge in [-0.1, -0.05) is 0 Å². The van der Waals surface area contributed by atoms with Crippen LogP contribution in [0.5, 0.6) is 0 Å². The molecule has 3 heterocycles. The van der Waals surface area contributed by atoms with Crippen molar-refractivity contribution in [2.45, 2.75) is 44.2 Å². The number of carbonyl (C=O) groups is 2. The lowest BCUT2D eigenvalue weighted by atomic mass is 10.1. The first-order valence-corrected chi connectivity index (χ1v) is 7.77. The molecule has 0 unspecified atom stereocenters. The van der Waals surface area contributed by atoms with Crippen molar-refractivity contribution in [1.29, 1.82) is 0 Å². The van der Waals surface area contributed by atoms with Gasteiger partial charge in [-0.15, -0.1) is 0 Å². The van der Waals surface area contributed by atoms with E-state index in [1.54, 1.807) is 11.3 Å². The van der Waals surface area contributed by atoms with Gasteiger partial charge in [-0.2, -0.15) is 11.3 Å². The number of amides is 2. The lowest BCUT2D eigenvalue weighted by molar-refractivity contribution is -0.133. The Morgan fingerprint density at radius 3 is 3.05 bits per heavy atom. The molecule has 4 nitrogen and oxygen atoms in total. The molecule has 2 amide bonds. The minimum atomic E-state index is 0.0860. The molecule has 5 heteroatoms. The number of thiophene rings is 1. The van der Waals surface area contributed by atoms with Crippen LogP contribution in [-0.2, 0) is 16.0 Å². The SMILES string of the molecule is O=C1C[C@@H]2CC[C@H](CN1)N2C(=O)CCc1ccsc1. The minimum Gasteiger partial charge on any atom is -0.354 e. The Kier molecular flexibility index (Phi) is 3.55. The summed E-state index contributed by atoms with van der Waals surface area (Å²) < 4.78 is 0. The number of nitrogens with zero attached hydrogens (tertiary/aromatic N) is 1. The summed E-state index contributed by atoms with van der Waals surface area (Å²) in [5.41, 5.74) is 1.23. The van der Waals surface area contributed by atoms with E-state index < -0.39 is 0 Å². The van der Waals surface area contributed by atoms with Gasteiger partial charge in [0.15, 0.2) is 0 Å². The number of aryl methyl sites for hydroxylation is 1.